The maximum Gasteiger partial charge on any atom is 0.245 e. The van der Waals surface area contributed by atoms with Crippen LogP contribution in [0.15, 0.2) is 24.4 Å². The summed E-state index contributed by atoms with van der Waals surface area (Å²) in [6, 6.07) is 2.54. The first kappa shape index (κ1) is 25.6. The number of aromatic nitrogens is 1. The first-order chi connectivity index (χ1) is 16.4. The van der Waals surface area contributed by atoms with Crippen molar-refractivity contribution < 1.29 is 22.4 Å². The van der Waals surface area contributed by atoms with Gasteiger partial charge in [0.2, 0.25) is 21.8 Å². The summed E-state index contributed by atoms with van der Waals surface area (Å²) < 4.78 is 40.6. The van der Waals surface area contributed by atoms with Crippen LogP contribution in [-0.2, 0) is 19.6 Å². The molecule has 9 nitrogen and oxygen atoms in total. The number of amides is 2. The Balaban J connectivity index is 1.71. The third-order valence-corrected chi connectivity index (χ3v) is 8.69. The number of hydrogen-bond donors (Lipinski definition) is 3. The van der Waals surface area contributed by atoms with Crippen molar-refractivity contribution >= 4 is 32.7 Å². The number of carbonyl (C=O) groups excluding carboxylic acids is 2. The van der Waals surface area contributed by atoms with Gasteiger partial charge in [0.05, 0.1) is 18.3 Å². The van der Waals surface area contributed by atoms with Gasteiger partial charge < -0.3 is 20.5 Å². The Morgan fingerprint density at radius 3 is 2.57 bits per heavy atom. The molecule has 0 radical (unpaired) electrons. The predicted molar refractivity (Wildman–Crippen MR) is 132 cm³/mol. The standard InChI is InChI=1S/C24H34FN5O4S/c1-13(2)21(28-23(31)14(3)26-4)24(32)29-9-8-20-22(29)18(12-30(20)35(5,33)34)17-11-27-19-10-15(25)6-7-16(17)19/h6-7,10-11,13-14,18,20-22,26-27H,8-9,12H2,1-5H3,(H,28,31)/t14-,18-,20+,21-,22+/m0/s1. The normalized spacial score (nSPS) is 24.7. The average Bonchev–Trinajstić information content (AvgIpc) is 3.49. The lowest BCUT2D eigenvalue weighted by atomic mass is 9.90. The highest BCUT2D eigenvalue weighted by Gasteiger charge is 2.54. The van der Waals surface area contributed by atoms with Crippen LogP contribution in [0.4, 0.5) is 4.39 Å². The summed E-state index contributed by atoms with van der Waals surface area (Å²) in [4.78, 5) is 31.2. The van der Waals surface area contributed by atoms with Crippen LogP contribution in [0.25, 0.3) is 10.9 Å². The second-order valence-corrected chi connectivity index (χ2v) is 11.9. The number of likely N-dealkylation sites (N-methyl/N-ethyl adjacent to an activating group) is 1. The molecule has 3 N–H and O–H groups in total. The third-order valence-electron chi connectivity index (χ3n) is 7.42. The highest BCUT2D eigenvalue weighted by molar-refractivity contribution is 7.88. The first-order valence-electron chi connectivity index (χ1n) is 12.0. The van der Waals surface area contributed by atoms with E-state index < -0.39 is 22.1 Å². The lowest BCUT2D eigenvalue weighted by molar-refractivity contribution is -0.139. The van der Waals surface area contributed by atoms with Crippen LogP contribution in [0.3, 0.4) is 0 Å². The molecular weight excluding hydrogens is 473 g/mol. The van der Waals surface area contributed by atoms with Gasteiger partial charge in [-0.3, -0.25) is 9.59 Å². The molecule has 0 spiro atoms. The van der Waals surface area contributed by atoms with Gasteiger partial charge >= 0.3 is 0 Å². The highest BCUT2D eigenvalue weighted by atomic mass is 32.2. The fourth-order valence-electron chi connectivity index (χ4n) is 5.49. The van der Waals surface area contributed by atoms with E-state index in [4.69, 9.17) is 0 Å². The molecule has 2 fully saturated rings. The van der Waals surface area contributed by atoms with E-state index in [0.717, 1.165) is 10.9 Å². The number of halogens is 1. The van der Waals surface area contributed by atoms with Gasteiger partial charge in [-0.25, -0.2) is 12.8 Å². The number of fused-ring (bicyclic) bond motifs is 2. The maximum absolute atomic E-state index is 13.8. The van der Waals surface area contributed by atoms with Crippen LogP contribution in [0, 0.1) is 11.7 Å². The molecule has 3 heterocycles. The number of likely N-dealkylation sites (tertiary alicyclic amines) is 1. The van der Waals surface area contributed by atoms with Crippen molar-refractivity contribution in [1.82, 2.24) is 24.8 Å². The van der Waals surface area contributed by atoms with Crippen LogP contribution in [0.2, 0.25) is 0 Å². The monoisotopic (exact) mass is 507 g/mol. The summed E-state index contributed by atoms with van der Waals surface area (Å²) in [6.07, 6.45) is 3.50. The summed E-state index contributed by atoms with van der Waals surface area (Å²) >= 11 is 0. The Hall–Kier alpha value is -2.50. The molecule has 1 aromatic heterocycles. The van der Waals surface area contributed by atoms with Crippen LogP contribution >= 0.6 is 0 Å². The SMILES string of the molecule is CN[C@@H](C)C(=O)N[C@H](C(=O)N1CC[C@@H]2[C@H]1[C@H](c1c[nH]c3cc(F)ccc13)CN2S(C)(=O)=O)C(C)C. The van der Waals surface area contributed by atoms with E-state index in [-0.39, 0.29) is 48.1 Å². The van der Waals surface area contributed by atoms with Crippen LogP contribution in [-0.4, -0.2) is 85.0 Å². The molecule has 192 valence electrons. The van der Waals surface area contributed by atoms with Crippen molar-refractivity contribution in [3.63, 3.8) is 0 Å². The molecule has 4 rings (SSSR count). The summed E-state index contributed by atoms with van der Waals surface area (Å²) in [5.74, 6) is -1.29. The van der Waals surface area contributed by atoms with Crippen molar-refractivity contribution in [1.29, 1.82) is 0 Å². The Bertz CT molecular complexity index is 1230. The Morgan fingerprint density at radius 1 is 1.23 bits per heavy atom. The van der Waals surface area contributed by atoms with Gasteiger partial charge in [0.25, 0.3) is 0 Å². The van der Waals surface area contributed by atoms with E-state index in [0.29, 0.717) is 18.5 Å². The minimum absolute atomic E-state index is 0.156. The highest BCUT2D eigenvalue weighted by Crippen LogP contribution is 2.44. The fraction of sp³-hybridized carbons (Fsp3) is 0.583. The van der Waals surface area contributed by atoms with Crippen LogP contribution in [0.5, 0.6) is 0 Å². The van der Waals surface area contributed by atoms with Crippen LogP contribution < -0.4 is 10.6 Å². The molecule has 2 saturated heterocycles. The average molecular weight is 508 g/mol. The molecule has 2 aliphatic heterocycles. The second-order valence-electron chi connectivity index (χ2n) is 9.99. The molecule has 5 atom stereocenters. The van der Waals surface area contributed by atoms with Gasteiger partial charge in [-0.15, -0.1) is 0 Å². The van der Waals surface area contributed by atoms with Crippen molar-refractivity contribution in [2.75, 3.05) is 26.4 Å². The van der Waals surface area contributed by atoms with Gasteiger partial charge in [0.1, 0.15) is 11.9 Å². The molecule has 2 amide bonds. The van der Waals surface area contributed by atoms with Gasteiger partial charge in [-0.2, -0.15) is 4.31 Å². The zero-order chi connectivity index (χ0) is 25.7. The van der Waals surface area contributed by atoms with E-state index in [1.165, 1.54) is 22.7 Å². The van der Waals surface area contributed by atoms with Crippen molar-refractivity contribution in [3.05, 3.63) is 35.8 Å². The number of nitrogens with one attached hydrogen (secondary N) is 3. The van der Waals surface area contributed by atoms with Crippen LogP contribution in [0.1, 0.15) is 38.7 Å². The zero-order valence-corrected chi connectivity index (χ0v) is 21.5. The minimum atomic E-state index is -3.51. The smallest absolute Gasteiger partial charge is 0.245 e. The maximum atomic E-state index is 13.8. The zero-order valence-electron chi connectivity index (χ0n) is 20.7. The third kappa shape index (κ3) is 4.68. The number of carbonyl (C=O) groups is 2. The summed E-state index contributed by atoms with van der Waals surface area (Å²) in [5, 5.41) is 6.57. The van der Waals surface area contributed by atoms with Crippen molar-refractivity contribution in [2.24, 2.45) is 5.92 Å². The number of benzene rings is 1. The predicted octanol–water partition coefficient (Wildman–Crippen LogP) is 1.38. The van der Waals surface area contributed by atoms with E-state index in [1.54, 1.807) is 31.1 Å². The van der Waals surface area contributed by atoms with E-state index in [1.807, 2.05) is 13.8 Å². The number of H-pyrrole nitrogens is 1. The van der Waals surface area contributed by atoms with Crippen molar-refractivity contribution in [3.8, 4) is 0 Å². The van der Waals surface area contributed by atoms with Gasteiger partial charge in [0.15, 0.2) is 0 Å². The number of rotatable bonds is 7. The fourth-order valence-corrected chi connectivity index (χ4v) is 6.64. The molecular formula is C24H34FN5O4S. The second kappa shape index (κ2) is 9.51. The number of hydrogen-bond acceptors (Lipinski definition) is 5. The minimum Gasteiger partial charge on any atom is -0.361 e. The molecule has 1 aromatic carbocycles. The Labute approximate surface area is 205 Å². The van der Waals surface area contributed by atoms with Gasteiger partial charge in [-0.1, -0.05) is 13.8 Å². The molecule has 0 unspecified atom stereocenters. The molecule has 2 aromatic rings. The van der Waals surface area contributed by atoms with E-state index in [2.05, 4.69) is 15.6 Å². The lowest BCUT2D eigenvalue weighted by Crippen LogP contribution is -2.56. The quantitative estimate of drug-likeness (QED) is 0.524. The number of aromatic amines is 1. The van der Waals surface area contributed by atoms with E-state index >= 15 is 0 Å². The molecule has 0 saturated carbocycles. The number of sulfonamides is 1. The first-order valence-corrected chi connectivity index (χ1v) is 13.8. The van der Waals surface area contributed by atoms with Gasteiger partial charge in [0, 0.05) is 42.1 Å². The topological polar surface area (TPSA) is 115 Å². The molecule has 0 aliphatic carbocycles. The summed E-state index contributed by atoms with van der Waals surface area (Å²) in [7, 11) is -1.83. The lowest BCUT2D eigenvalue weighted by Gasteiger charge is -2.33. The Kier molecular flexibility index (Phi) is 6.96. The molecule has 35 heavy (non-hydrogen) atoms. The van der Waals surface area contributed by atoms with E-state index in [9.17, 15) is 22.4 Å². The van der Waals surface area contributed by atoms with Crippen molar-refractivity contribution in [2.45, 2.75) is 57.3 Å². The largest absolute Gasteiger partial charge is 0.361 e. The molecule has 0 bridgehead atoms. The van der Waals surface area contributed by atoms with Gasteiger partial charge in [-0.05, 0) is 50.1 Å². The summed E-state index contributed by atoms with van der Waals surface area (Å²) in [5.41, 5.74) is 1.48. The molecule has 11 heteroatoms. The molecule has 2 aliphatic rings. The summed E-state index contributed by atoms with van der Waals surface area (Å²) in [6.45, 7) is 6.11. The Morgan fingerprint density at radius 2 is 1.94 bits per heavy atom. The number of nitrogens with zero attached hydrogens (tertiary/aromatic N) is 2.